The molecule has 150 valence electrons. The molecule has 6 rings (SSSR count). The zero-order chi connectivity index (χ0) is 21.0. The highest BCUT2D eigenvalue weighted by molar-refractivity contribution is 6.13. The molecule has 0 aliphatic heterocycles. The molecular formula is C29H24N2. The number of benzene rings is 4. The first-order chi connectivity index (χ1) is 15.1. The average molecular weight is 401 g/mol. The van der Waals surface area contributed by atoms with Crippen molar-refractivity contribution in [2.45, 2.75) is 25.8 Å². The summed E-state index contributed by atoms with van der Waals surface area (Å²) in [4.78, 5) is 4.79. The molecule has 0 atom stereocenters. The molecule has 4 aromatic carbocycles. The van der Waals surface area contributed by atoms with Gasteiger partial charge >= 0.3 is 0 Å². The Morgan fingerprint density at radius 1 is 0.710 bits per heavy atom. The van der Waals surface area contributed by atoms with Crippen molar-refractivity contribution in [3.63, 3.8) is 0 Å². The predicted molar refractivity (Wildman–Crippen MR) is 131 cm³/mol. The first kappa shape index (κ1) is 18.1. The maximum Gasteiger partial charge on any atom is 0.0944 e. The molecule has 2 nitrogen and oxygen atoms in total. The van der Waals surface area contributed by atoms with Gasteiger partial charge in [0, 0.05) is 16.2 Å². The number of hydrogen-bond acceptors (Lipinski definition) is 1. The Kier molecular flexibility index (Phi) is 3.91. The van der Waals surface area contributed by atoms with E-state index in [1.165, 1.54) is 49.6 Å². The molecule has 0 bridgehead atoms. The van der Waals surface area contributed by atoms with Crippen LogP contribution >= 0.6 is 0 Å². The minimum absolute atomic E-state index is 0.0113. The molecule has 1 aliphatic rings. The van der Waals surface area contributed by atoms with Crippen molar-refractivity contribution < 1.29 is 0 Å². The van der Waals surface area contributed by atoms with Crippen LogP contribution in [0.15, 0.2) is 96.0 Å². The topological polar surface area (TPSA) is 17.3 Å². The Morgan fingerprint density at radius 3 is 2.32 bits per heavy atom. The second-order valence-corrected chi connectivity index (χ2v) is 8.91. The second-order valence-electron chi connectivity index (χ2n) is 8.91. The number of rotatable bonds is 3. The van der Waals surface area contributed by atoms with Crippen molar-refractivity contribution in [3.8, 4) is 11.1 Å². The van der Waals surface area contributed by atoms with Gasteiger partial charge in [-0.15, -0.1) is 0 Å². The Labute approximate surface area is 182 Å². The monoisotopic (exact) mass is 400 g/mol. The summed E-state index contributed by atoms with van der Waals surface area (Å²) < 4.78 is 2.26. The standard InChI is InChI=1S/C29H24N2/c1-29(2)25-14-8-6-12-21(25)23-16-24-22-13-7-9-15-27(22)31(28(24)17-26(23)29)19-30-18-20-10-4-3-5-11-20/h3-17,19H,18H2,1-2H3/b30-19+. The van der Waals surface area contributed by atoms with Crippen LogP contribution in [0.2, 0.25) is 0 Å². The van der Waals surface area contributed by atoms with Gasteiger partial charge in [-0.05, 0) is 46.0 Å². The van der Waals surface area contributed by atoms with E-state index in [0.29, 0.717) is 6.54 Å². The Bertz CT molecular complexity index is 1470. The van der Waals surface area contributed by atoms with Gasteiger partial charge in [0.05, 0.1) is 23.9 Å². The normalized spacial score (nSPS) is 14.4. The molecule has 1 aliphatic carbocycles. The van der Waals surface area contributed by atoms with Crippen molar-refractivity contribution in [2.75, 3.05) is 0 Å². The van der Waals surface area contributed by atoms with E-state index in [0.717, 1.165) is 0 Å². The van der Waals surface area contributed by atoms with Crippen LogP contribution in [0.5, 0.6) is 0 Å². The Balaban J connectivity index is 1.57. The van der Waals surface area contributed by atoms with Crippen molar-refractivity contribution in [1.29, 1.82) is 0 Å². The van der Waals surface area contributed by atoms with E-state index in [2.05, 4.69) is 103 Å². The van der Waals surface area contributed by atoms with Crippen LogP contribution in [-0.2, 0) is 12.0 Å². The molecule has 5 aromatic rings. The third-order valence-electron chi connectivity index (χ3n) is 6.73. The van der Waals surface area contributed by atoms with Gasteiger partial charge in [-0.3, -0.25) is 4.99 Å². The first-order valence-electron chi connectivity index (χ1n) is 10.9. The highest BCUT2D eigenvalue weighted by atomic mass is 15.0. The van der Waals surface area contributed by atoms with Crippen molar-refractivity contribution >= 4 is 28.1 Å². The summed E-state index contributed by atoms with van der Waals surface area (Å²) in [6, 6.07) is 32.7. The maximum absolute atomic E-state index is 4.79. The van der Waals surface area contributed by atoms with Gasteiger partial charge in [-0.25, -0.2) is 0 Å². The number of fused-ring (bicyclic) bond motifs is 6. The maximum atomic E-state index is 4.79. The van der Waals surface area contributed by atoms with Gasteiger partial charge in [0.15, 0.2) is 0 Å². The van der Waals surface area contributed by atoms with Crippen LogP contribution in [0.25, 0.3) is 32.9 Å². The van der Waals surface area contributed by atoms with Gasteiger partial charge in [0.1, 0.15) is 0 Å². The Hall–Kier alpha value is -3.65. The fourth-order valence-electron chi connectivity index (χ4n) is 5.13. The molecule has 0 saturated heterocycles. The lowest BCUT2D eigenvalue weighted by Crippen LogP contribution is -2.15. The van der Waals surface area contributed by atoms with Crippen LogP contribution in [0.3, 0.4) is 0 Å². The van der Waals surface area contributed by atoms with E-state index in [9.17, 15) is 0 Å². The second kappa shape index (κ2) is 6.68. The van der Waals surface area contributed by atoms with E-state index < -0.39 is 0 Å². The highest BCUT2D eigenvalue weighted by Gasteiger charge is 2.35. The molecule has 2 heteroatoms. The lowest BCUT2D eigenvalue weighted by Gasteiger charge is -2.21. The lowest BCUT2D eigenvalue weighted by molar-refractivity contribution is 0.661. The van der Waals surface area contributed by atoms with Crippen molar-refractivity contribution in [2.24, 2.45) is 4.99 Å². The summed E-state index contributed by atoms with van der Waals surface area (Å²) >= 11 is 0. The van der Waals surface area contributed by atoms with E-state index in [1.54, 1.807) is 0 Å². The van der Waals surface area contributed by atoms with Crippen LogP contribution in [-0.4, -0.2) is 10.9 Å². The molecule has 1 heterocycles. The summed E-state index contributed by atoms with van der Waals surface area (Å²) in [5, 5.41) is 2.56. The molecule has 0 amide bonds. The number of para-hydroxylation sites is 1. The van der Waals surface area contributed by atoms with Crippen LogP contribution in [0, 0.1) is 0 Å². The largest absolute Gasteiger partial charge is 0.300 e. The van der Waals surface area contributed by atoms with Crippen molar-refractivity contribution in [3.05, 3.63) is 108 Å². The molecule has 0 saturated carbocycles. The zero-order valence-corrected chi connectivity index (χ0v) is 17.8. The summed E-state index contributed by atoms with van der Waals surface area (Å²) in [5.74, 6) is 0. The molecular weight excluding hydrogens is 376 g/mol. The molecule has 0 N–H and O–H groups in total. The number of nitrogens with zero attached hydrogens (tertiary/aromatic N) is 2. The van der Waals surface area contributed by atoms with E-state index >= 15 is 0 Å². The zero-order valence-electron chi connectivity index (χ0n) is 17.8. The molecule has 1 aromatic heterocycles. The summed E-state index contributed by atoms with van der Waals surface area (Å²) in [6.45, 7) is 5.34. The average Bonchev–Trinajstić information content (AvgIpc) is 3.23. The number of aliphatic imine (C=N–C) groups is 1. The van der Waals surface area contributed by atoms with Gasteiger partial charge < -0.3 is 4.57 Å². The van der Waals surface area contributed by atoms with Gasteiger partial charge in [0.2, 0.25) is 0 Å². The minimum Gasteiger partial charge on any atom is -0.300 e. The molecule has 0 spiro atoms. The van der Waals surface area contributed by atoms with Crippen LogP contribution in [0.1, 0.15) is 30.5 Å². The van der Waals surface area contributed by atoms with E-state index in [4.69, 9.17) is 4.99 Å². The first-order valence-corrected chi connectivity index (χ1v) is 10.9. The third-order valence-corrected chi connectivity index (χ3v) is 6.73. The van der Waals surface area contributed by atoms with Gasteiger partial charge in [0.25, 0.3) is 0 Å². The quantitative estimate of drug-likeness (QED) is 0.225. The van der Waals surface area contributed by atoms with Crippen molar-refractivity contribution in [1.82, 2.24) is 4.57 Å². The van der Waals surface area contributed by atoms with E-state index in [1.807, 2.05) is 12.4 Å². The summed E-state index contributed by atoms with van der Waals surface area (Å²) in [7, 11) is 0. The fourth-order valence-corrected chi connectivity index (χ4v) is 5.13. The van der Waals surface area contributed by atoms with Crippen LogP contribution < -0.4 is 0 Å². The third kappa shape index (κ3) is 2.68. The molecule has 31 heavy (non-hydrogen) atoms. The van der Waals surface area contributed by atoms with Gasteiger partial charge in [-0.1, -0.05) is 86.6 Å². The smallest absolute Gasteiger partial charge is 0.0944 e. The minimum atomic E-state index is -0.0113. The lowest BCUT2D eigenvalue weighted by atomic mass is 9.82. The predicted octanol–water partition coefficient (Wildman–Crippen LogP) is 7.18. The highest BCUT2D eigenvalue weighted by Crippen LogP contribution is 2.50. The van der Waals surface area contributed by atoms with E-state index in [-0.39, 0.29) is 5.41 Å². The Morgan fingerprint density at radius 2 is 1.45 bits per heavy atom. The summed E-state index contributed by atoms with van der Waals surface area (Å²) in [5.41, 5.74) is 9.14. The van der Waals surface area contributed by atoms with Gasteiger partial charge in [-0.2, -0.15) is 0 Å². The molecule has 0 radical (unpaired) electrons. The SMILES string of the molecule is CC1(C)c2ccccc2-c2cc3c4ccccc4n(/C=N/Cc4ccccc4)c3cc21. The summed E-state index contributed by atoms with van der Waals surface area (Å²) in [6.07, 6.45) is 2.00. The number of aromatic nitrogens is 1. The van der Waals surface area contributed by atoms with Crippen LogP contribution in [0.4, 0.5) is 0 Å². The molecule has 0 unspecified atom stereocenters. The molecule has 0 fully saturated rings. The fraction of sp³-hybridized carbons (Fsp3) is 0.138. The number of hydrogen-bond donors (Lipinski definition) is 0.